The average molecular weight is 490 g/mol. The molecule has 1 fully saturated rings. The Hall–Kier alpha value is -2.87. The number of hydrogen-bond acceptors (Lipinski definition) is 6. The summed E-state index contributed by atoms with van der Waals surface area (Å²) in [6.07, 6.45) is 1.55. The highest BCUT2D eigenvalue weighted by atomic mass is 35.5. The van der Waals surface area contributed by atoms with Crippen molar-refractivity contribution < 1.29 is 23.5 Å². The van der Waals surface area contributed by atoms with Crippen LogP contribution in [-0.2, 0) is 4.79 Å². The van der Waals surface area contributed by atoms with Gasteiger partial charge in [0.2, 0.25) is 0 Å². The first-order chi connectivity index (χ1) is 15.5. The molecule has 1 aliphatic rings. The summed E-state index contributed by atoms with van der Waals surface area (Å²) in [4.78, 5) is 26.4. The van der Waals surface area contributed by atoms with Crippen molar-refractivity contribution in [1.29, 1.82) is 0 Å². The highest BCUT2D eigenvalue weighted by Gasteiger charge is 2.35. The molecule has 0 bridgehead atoms. The minimum atomic E-state index is -0.395. The summed E-state index contributed by atoms with van der Waals surface area (Å²) in [5.41, 5.74) is 0.764. The van der Waals surface area contributed by atoms with Crippen LogP contribution < -0.4 is 9.47 Å². The van der Waals surface area contributed by atoms with Gasteiger partial charge in [-0.3, -0.25) is 14.5 Å². The van der Waals surface area contributed by atoms with Gasteiger partial charge in [-0.25, -0.2) is 0 Å². The zero-order valence-electron chi connectivity index (χ0n) is 16.8. The van der Waals surface area contributed by atoms with E-state index in [0.29, 0.717) is 33.1 Å². The number of nitrogens with zero attached hydrogens (tertiary/aromatic N) is 1. The number of para-hydroxylation sites is 1. The van der Waals surface area contributed by atoms with Crippen LogP contribution in [0.15, 0.2) is 63.9 Å². The van der Waals surface area contributed by atoms with Crippen molar-refractivity contribution in [3.05, 3.63) is 75.3 Å². The Kier molecular flexibility index (Phi) is 6.79. The van der Waals surface area contributed by atoms with Crippen molar-refractivity contribution in [3.8, 4) is 22.8 Å². The minimum absolute atomic E-state index is 0.112. The molecule has 2 heterocycles. The van der Waals surface area contributed by atoms with E-state index in [4.69, 9.17) is 37.1 Å². The number of thioether (sulfide) groups is 1. The van der Waals surface area contributed by atoms with E-state index in [9.17, 15) is 9.59 Å². The first-order valence-corrected chi connectivity index (χ1v) is 11.1. The number of imide groups is 1. The molecule has 0 saturated carbocycles. The lowest BCUT2D eigenvalue weighted by Gasteiger charge is -2.13. The van der Waals surface area contributed by atoms with Crippen molar-refractivity contribution in [1.82, 2.24) is 4.90 Å². The number of hydrogen-bond donors (Lipinski definition) is 0. The SMILES string of the molecule is COc1ccc(-c2ccc(/C=C3\SC(=O)N(CCOc4ccccc4Cl)C3=O)o2)cc1Cl. The molecule has 3 aromatic rings. The van der Waals surface area contributed by atoms with E-state index in [1.54, 1.807) is 61.7 Å². The predicted molar refractivity (Wildman–Crippen MR) is 125 cm³/mol. The van der Waals surface area contributed by atoms with Crippen LogP contribution in [0.2, 0.25) is 10.0 Å². The second-order valence-corrected chi connectivity index (χ2v) is 8.47. The third kappa shape index (κ3) is 4.80. The van der Waals surface area contributed by atoms with E-state index in [1.807, 2.05) is 6.07 Å². The molecule has 0 atom stereocenters. The lowest BCUT2D eigenvalue weighted by molar-refractivity contribution is -0.123. The molecule has 0 unspecified atom stereocenters. The summed E-state index contributed by atoms with van der Waals surface area (Å²) >= 11 is 13.1. The lowest BCUT2D eigenvalue weighted by atomic mass is 10.2. The molecule has 0 N–H and O–H groups in total. The summed E-state index contributed by atoms with van der Waals surface area (Å²) in [6, 6.07) is 15.8. The molecule has 32 heavy (non-hydrogen) atoms. The van der Waals surface area contributed by atoms with Gasteiger partial charge in [-0.1, -0.05) is 35.3 Å². The van der Waals surface area contributed by atoms with Gasteiger partial charge in [-0.15, -0.1) is 0 Å². The molecule has 164 valence electrons. The molecule has 2 aromatic carbocycles. The Morgan fingerprint density at radius 1 is 1.03 bits per heavy atom. The molecule has 0 radical (unpaired) electrons. The Morgan fingerprint density at radius 3 is 2.59 bits per heavy atom. The number of carbonyl (C=O) groups excluding carboxylic acids is 2. The zero-order valence-corrected chi connectivity index (χ0v) is 19.2. The number of halogens is 2. The average Bonchev–Trinajstić information content (AvgIpc) is 3.35. The fourth-order valence-electron chi connectivity index (χ4n) is 3.04. The maximum absolute atomic E-state index is 12.7. The van der Waals surface area contributed by atoms with Gasteiger partial charge in [0.1, 0.15) is 29.6 Å². The molecular formula is C23H17Cl2NO5S. The molecule has 1 aliphatic heterocycles. The fraction of sp³-hybridized carbons (Fsp3) is 0.130. The molecule has 0 aliphatic carbocycles. The number of methoxy groups -OCH3 is 1. The molecule has 9 heteroatoms. The number of rotatable bonds is 7. The van der Waals surface area contributed by atoms with Crippen LogP contribution in [-0.4, -0.2) is 36.3 Å². The summed E-state index contributed by atoms with van der Waals surface area (Å²) < 4.78 is 16.6. The standard InChI is InChI=1S/C23H17Cl2NO5S/c1-29-19-8-6-14(12-17(19)25)18-9-7-15(31-18)13-21-22(27)26(23(28)32-21)10-11-30-20-5-3-2-4-16(20)24/h2-9,12-13H,10-11H2,1H3/b21-13-. The van der Waals surface area contributed by atoms with Crippen molar-refractivity contribution >= 4 is 52.2 Å². The second kappa shape index (κ2) is 9.73. The van der Waals surface area contributed by atoms with E-state index < -0.39 is 5.91 Å². The van der Waals surface area contributed by atoms with Crippen LogP contribution in [0.3, 0.4) is 0 Å². The third-order valence-corrected chi connectivity index (χ3v) is 6.13. The van der Waals surface area contributed by atoms with Crippen LogP contribution in [0.1, 0.15) is 5.76 Å². The minimum Gasteiger partial charge on any atom is -0.495 e. The predicted octanol–water partition coefficient (Wildman–Crippen LogP) is 6.38. The normalized spacial score (nSPS) is 15.0. The van der Waals surface area contributed by atoms with E-state index in [2.05, 4.69) is 0 Å². The summed E-state index contributed by atoms with van der Waals surface area (Å²) in [7, 11) is 1.54. The van der Waals surface area contributed by atoms with Gasteiger partial charge in [0.15, 0.2) is 0 Å². The van der Waals surface area contributed by atoms with E-state index in [-0.39, 0.29) is 23.3 Å². The Labute approximate surface area is 198 Å². The largest absolute Gasteiger partial charge is 0.495 e. The zero-order chi connectivity index (χ0) is 22.7. The first kappa shape index (κ1) is 22.3. The molecule has 1 saturated heterocycles. The highest BCUT2D eigenvalue weighted by molar-refractivity contribution is 8.18. The third-order valence-electron chi connectivity index (χ3n) is 4.62. The molecular weight excluding hydrogens is 473 g/mol. The number of ether oxygens (including phenoxy) is 2. The van der Waals surface area contributed by atoms with Crippen molar-refractivity contribution in [2.24, 2.45) is 0 Å². The van der Waals surface area contributed by atoms with Gasteiger partial charge in [-0.2, -0.15) is 0 Å². The van der Waals surface area contributed by atoms with Gasteiger partial charge < -0.3 is 13.9 Å². The molecule has 0 spiro atoms. The summed E-state index contributed by atoms with van der Waals surface area (Å²) in [5.74, 6) is 1.69. The van der Waals surface area contributed by atoms with Gasteiger partial charge in [0.05, 0.1) is 28.6 Å². The van der Waals surface area contributed by atoms with Gasteiger partial charge in [0, 0.05) is 11.6 Å². The maximum atomic E-state index is 12.7. The van der Waals surface area contributed by atoms with Crippen LogP contribution in [0, 0.1) is 0 Å². The Balaban J connectivity index is 1.43. The van der Waals surface area contributed by atoms with Crippen LogP contribution >= 0.6 is 35.0 Å². The van der Waals surface area contributed by atoms with E-state index in [1.165, 1.54) is 0 Å². The molecule has 1 aromatic heterocycles. The van der Waals surface area contributed by atoms with Crippen LogP contribution in [0.5, 0.6) is 11.5 Å². The topological polar surface area (TPSA) is 69.0 Å². The number of benzene rings is 2. The number of furan rings is 1. The first-order valence-electron chi connectivity index (χ1n) is 9.52. The molecule has 4 rings (SSSR count). The van der Waals surface area contributed by atoms with Crippen molar-refractivity contribution in [3.63, 3.8) is 0 Å². The number of carbonyl (C=O) groups is 2. The lowest BCUT2D eigenvalue weighted by Crippen LogP contribution is -2.32. The molecule has 6 nitrogen and oxygen atoms in total. The van der Waals surface area contributed by atoms with Gasteiger partial charge in [0.25, 0.3) is 11.1 Å². The Bertz CT molecular complexity index is 1210. The second-order valence-electron chi connectivity index (χ2n) is 6.66. The highest BCUT2D eigenvalue weighted by Crippen LogP contribution is 2.35. The van der Waals surface area contributed by atoms with Crippen molar-refractivity contribution in [2.75, 3.05) is 20.3 Å². The van der Waals surface area contributed by atoms with Crippen LogP contribution in [0.4, 0.5) is 4.79 Å². The van der Waals surface area contributed by atoms with E-state index in [0.717, 1.165) is 22.2 Å². The summed E-state index contributed by atoms with van der Waals surface area (Å²) in [5, 5.41) is 0.564. The van der Waals surface area contributed by atoms with Gasteiger partial charge in [-0.05, 0) is 54.2 Å². The maximum Gasteiger partial charge on any atom is 0.293 e. The summed E-state index contributed by atoms with van der Waals surface area (Å²) in [6.45, 7) is 0.249. The van der Waals surface area contributed by atoms with Gasteiger partial charge >= 0.3 is 0 Å². The molecule has 2 amide bonds. The van der Waals surface area contributed by atoms with Crippen LogP contribution in [0.25, 0.3) is 17.4 Å². The number of amides is 2. The van der Waals surface area contributed by atoms with Crippen molar-refractivity contribution in [2.45, 2.75) is 0 Å². The fourth-order valence-corrected chi connectivity index (χ4v) is 4.33. The smallest absolute Gasteiger partial charge is 0.293 e. The monoisotopic (exact) mass is 489 g/mol. The quantitative estimate of drug-likeness (QED) is 0.358. The van der Waals surface area contributed by atoms with E-state index >= 15 is 0 Å². The Morgan fingerprint density at radius 2 is 1.84 bits per heavy atom.